The summed E-state index contributed by atoms with van der Waals surface area (Å²) in [7, 11) is 0. The van der Waals surface area contributed by atoms with E-state index in [-0.39, 0.29) is 24.5 Å². The van der Waals surface area contributed by atoms with Gasteiger partial charge in [-0.15, -0.1) is 12.4 Å². The molecule has 0 radical (unpaired) electrons. The minimum atomic E-state index is -0.587. The molecule has 1 heterocycles. The van der Waals surface area contributed by atoms with E-state index in [0.29, 0.717) is 12.2 Å². The van der Waals surface area contributed by atoms with Gasteiger partial charge in [-0.05, 0) is 50.5 Å². The van der Waals surface area contributed by atoms with E-state index in [2.05, 4.69) is 0 Å². The van der Waals surface area contributed by atoms with E-state index in [1.165, 1.54) is 0 Å². The topological polar surface area (TPSA) is 70.8 Å². The van der Waals surface area contributed by atoms with E-state index in [1.54, 1.807) is 0 Å². The largest absolute Gasteiger partial charge is 0.486 e. The predicted molar refractivity (Wildman–Crippen MR) is 111 cm³/mol. The molecule has 2 N–H and O–H groups in total. The van der Waals surface area contributed by atoms with Crippen molar-refractivity contribution in [3.05, 3.63) is 60.7 Å². The predicted octanol–water partition coefficient (Wildman–Crippen LogP) is 4.14. The zero-order valence-electron chi connectivity index (χ0n) is 16.0. The van der Waals surface area contributed by atoms with Crippen molar-refractivity contribution >= 4 is 18.4 Å². The van der Waals surface area contributed by atoms with Gasteiger partial charge >= 0.3 is 5.97 Å². The number of carbonyl (C=O) groups is 1. The van der Waals surface area contributed by atoms with E-state index in [0.717, 1.165) is 25.0 Å². The Labute approximate surface area is 172 Å². The highest BCUT2D eigenvalue weighted by Crippen LogP contribution is 2.25. The molecule has 28 heavy (non-hydrogen) atoms. The summed E-state index contributed by atoms with van der Waals surface area (Å²) in [6.45, 7) is 1.83. The fraction of sp³-hybridized carbons (Fsp3) is 0.409. The molecule has 0 unspecified atom stereocenters. The molecular weight excluding hydrogens is 378 g/mol. The lowest BCUT2D eigenvalue weighted by Crippen LogP contribution is -2.48. The molecule has 0 saturated carbocycles. The van der Waals surface area contributed by atoms with Gasteiger partial charge in [-0.25, -0.2) is 0 Å². The van der Waals surface area contributed by atoms with Crippen molar-refractivity contribution in [1.29, 1.82) is 0 Å². The van der Waals surface area contributed by atoms with Crippen molar-refractivity contribution in [3.8, 4) is 11.5 Å². The Kier molecular flexibility index (Phi) is 8.61. The molecule has 0 aromatic heterocycles. The van der Waals surface area contributed by atoms with Crippen molar-refractivity contribution in [1.82, 2.24) is 0 Å². The number of carbonyl (C=O) groups excluding carboxylic acids is 1. The van der Waals surface area contributed by atoms with Crippen molar-refractivity contribution in [2.75, 3.05) is 0 Å². The molecule has 2 aromatic rings. The third-order valence-corrected chi connectivity index (χ3v) is 4.73. The zero-order valence-corrected chi connectivity index (χ0v) is 16.8. The van der Waals surface area contributed by atoms with E-state index in [1.807, 2.05) is 67.6 Å². The second-order valence-corrected chi connectivity index (χ2v) is 6.90. The Balaban J connectivity index is 0.00000280. The van der Waals surface area contributed by atoms with Crippen LogP contribution in [-0.4, -0.2) is 30.3 Å². The first-order chi connectivity index (χ1) is 13.1. The Morgan fingerprint density at radius 3 is 2.04 bits per heavy atom. The normalized spacial score (nSPS) is 25.7. The molecule has 0 spiro atoms. The molecule has 4 atom stereocenters. The smallest absolute Gasteiger partial charge is 0.323 e. The van der Waals surface area contributed by atoms with Gasteiger partial charge in [-0.3, -0.25) is 4.79 Å². The van der Waals surface area contributed by atoms with Crippen LogP contribution in [0.25, 0.3) is 0 Å². The second kappa shape index (κ2) is 10.9. The summed E-state index contributed by atoms with van der Waals surface area (Å²) in [5.41, 5.74) is 5.94. The number of ether oxygens (including phenoxy) is 3. The summed E-state index contributed by atoms with van der Waals surface area (Å²) in [6, 6.07) is 18.6. The Morgan fingerprint density at radius 1 is 0.893 bits per heavy atom. The minimum Gasteiger partial charge on any atom is -0.486 e. The van der Waals surface area contributed by atoms with Crippen molar-refractivity contribution < 1.29 is 19.0 Å². The van der Waals surface area contributed by atoms with Gasteiger partial charge < -0.3 is 19.9 Å². The third-order valence-electron chi connectivity index (χ3n) is 4.73. The molecule has 0 bridgehead atoms. The molecule has 3 rings (SSSR count). The molecule has 1 fully saturated rings. The van der Waals surface area contributed by atoms with Crippen LogP contribution < -0.4 is 15.2 Å². The lowest BCUT2D eigenvalue weighted by molar-refractivity contribution is -0.158. The van der Waals surface area contributed by atoms with Crippen LogP contribution in [0.5, 0.6) is 11.5 Å². The summed E-state index contributed by atoms with van der Waals surface area (Å²) < 4.78 is 18.1. The molecule has 2 aromatic carbocycles. The number of cyclic esters (lactones) is 1. The van der Waals surface area contributed by atoms with Crippen LogP contribution >= 0.6 is 12.4 Å². The van der Waals surface area contributed by atoms with E-state index in [4.69, 9.17) is 19.9 Å². The third kappa shape index (κ3) is 6.14. The molecule has 0 aliphatic carbocycles. The van der Waals surface area contributed by atoms with Gasteiger partial charge in [-0.2, -0.15) is 0 Å². The van der Waals surface area contributed by atoms with Gasteiger partial charge in [0.2, 0.25) is 0 Å². The standard InChI is InChI=1S/C22H27NO4.ClH/c1-16-21(27-18-12-6-3-7-13-18)20(26-17-10-4-2-5-11-17)15-9-8-14-19(23)22(24)25-16;/h2-7,10-13,16,19-21H,8-9,14-15,23H2,1H3;1H/t16-,19-,20-,21-;/m0./s1. The van der Waals surface area contributed by atoms with Gasteiger partial charge in [0.25, 0.3) is 0 Å². The number of esters is 1. The summed E-state index contributed by atoms with van der Waals surface area (Å²) in [6.07, 6.45) is 1.98. The summed E-state index contributed by atoms with van der Waals surface area (Å²) in [4.78, 5) is 12.3. The molecular formula is C22H28ClNO4. The molecule has 0 amide bonds. The molecule has 1 aliphatic heterocycles. The van der Waals surface area contributed by atoms with Crippen LogP contribution in [0, 0.1) is 0 Å². The molecule has 1 saturated heterocycles. The molecule has 152 valence electrons. The second-order valence-electron chi connectivity index (χ2n) is 6.90. The van der Waals surface area contributed by atoms with Crippen LogP contribution in [0.1, 0.15) is 32.6 Å². The maximum atomic E-state index is 12.3. The fourth-order valence-corrected chi connectivity index (χ4v) is 3.26. The van der Waals surface area contributed by atoms with Crippen molar-refractivity contribution in [3.63, 3.8) is 0 Å². The number of rotatable bonds is 4. The highest BCUT2D eigenvalue weighted by atomic mass is 35.5. The fourth-order valence-electron chi connectivity index (χ4n) is 3.26. The van der Waals surface area contributed by atoms with Gasteiger partial charge in [0.1, 0.15) is 29.7 Å². The first kappa shape index (κ1) is 22.1. The molecule has 5 nitrogen and oxygen atoms in total. The lowest BCUT2D eigenvalue weighted by atomic mass is 9.99. The van der Waals surface area contributed by atoms with E-state index in [9.17, 15) is 4.79 Å². The Hall–Kier alpha value is -2.24. The summed E-state index contributed by atoms with van der Waals surface area (Å²) in [5.74, 6) is 1.11. The highest BCUT2D eigenvalue weighted by molar-refractivity contribution is 5.85. The number of para-hydroxylation sites is 2. The zero-order chi connectivity index (χ0) is 19.1. The number of halogens is 1. The van der Waals surface area contributed by atoms with Gasteiger partial charge in [0.15, 0.2) is 6.10 Å². The number of hydrogen-bond acceptors (Lipinski definition) is 5. The summed E-state index contributed by atoms with van der Waals surface area (Å²) >= 11 is 0. The average molecular weight is 406 g/mol. The van der Waals surface area contributed by atoms with Crippen molar-refractivity contribution in [2.24, 2.45) is 5.73 Å². The minimum absolute atomic E-state index is 0. The quantitative estimate of drug-likeness (QED) is 0.774. The van der Waals surface area contributed by atoms with Crippen LogP contribution in [0.2, 0.25) is 0 Å². The van der Waals surface area contributed by atoms with E-state index < -0.39 is 18.2 Å². The first-order valence-electron chi connectivity index (χ1n) is 9.53. The van der Waals surface area contributed by atoms with Crippen LogP contribution in [0.4, 0.5) is 0 Å². The number of nitrogens with two attached hydrogens (primary N) is 1. The Morgan fingerprint density at radius 2 is 1.43 bits per heavy atom. The van der Waals surface area contributed by atoms with Crippen LogP contribution in [0.3, 0.4) is 0 Å². The molecule has 6 heteroatoms. The van der Waals surface area contributed by atoms with Gasteiger partial charge in [0, 0.05) is 0 Å². The number of benzene rings is 2. The van der Waals surface area contributed by atoms with Crippen LogP contribution in [-0.2, 0) is 9.53 Å². The van der Waals surface area contributed by atoms with Gasteiger partial charge in [0.05, 0.1) is 0 Å². The highest BCUT2D eigenvalue weighted by Gasteiger charge is 2.35. The molecule has 1 aliphatic rings. The monoisotopic (exact) mass is 405 g/mol. The van der Waals surface area contributed by atoms with Crippen LogP contribution in [0.15, 0.2) is 60.7 Å². The van der Waals surface area contributed by atoms with E-state index >= 15 is 0 Å². The first-order valence-corrected chi connectivity index (χ1v) is 9.53. The Bertz CT molecular complexity index is 713. The lowest BCUT2D eigenvalue weighted by Gasteiger charge is -2.33. The maximum absolute atomic E-state index is 12.3. The number of hydrogen-bond donors (Lipinski definition) is 1. The SMILES string of the molecule is C[C@@H]1OC(=O)[C@@H](N)CCCC[C@H](Oc2ccccc2)[C@H]1Oc1ccccc1.Cl. The van der Waals surface area contributed by atoms with Gasteiger partial charge in [-0.1, -0.05) is 42.8 Å². The summed E-state index contributed by atoms with van der Waals surface area (Å²) in [5, 5.41) is 0. The average Bonchev–Trinajstić information content (AvgIpc) is 2.69. The van der Waals surface area contributed by atoms with Crippen molar-refractivity contribution in [2.45, 2.75) is 57.0 Å². The maximum Gasteiger partial charge on any atom is 0.323 e.